The third-order valence-corrected chi connectivity index (χ3v) is 4.34. The Morgan fingerprint density at radius 2 is 1.82 bits per heavy atom. The van der Waals surface area contributed by atoms with E-state index in [2.05, 4.69) is 45.3 Å². The van der Waals surface area contributed by atoms with Crippen LogP contribution in [0.5, 0.6) is 0 Å². The van der Waals surface area contributed by atoms with E-state index in [9.17, 15) is 0 Å². The summed E-state index contributed by atoms with van der Waals surface area (Å²) >= 11 is 0. The molecule has 1 aliphatic heterocycles. The van der Waals surface area contributed by atoms with Gasteiger partial charge in [-0.1, -0.05) is 43.0 Å². The van der Waals surface area contributed by atoms with Gasteiger partial charge in [0.15, 0.2) is 0 Å². The molecule has 1 aromatic carbocycles. The van der Waals surface area contributed by atoms with Gasteiger partial charge in [-0.15, -0.1) is 0 Å². The smallest absolute Gasteiger partial charge is 0.399 e. The maximum Gasteiger partial charge on any atom is 0.494 e. The average Bonchev–Trinajstić information content (AvgIpc) is 2.69. The Kier molecular flexibility index (Phi) is 4.73. The summed E-state index contributed by atoms with van der Waals surface area (Å²) in [5, 5.41) is 0. The molecule has 0 unspecified atom stereocenters. The minimum absolute atomic E-state index is 0.335. The summed E-state index contributed by atoms with van der Waals surface area (Å²) in [4.78, 5) is 4.32. The quantitative estimate of drug-likeness (QED) is 0.485. The van der Waals surface area contributed by atoms with Crippen molar-refractivity contribution in [1.29, 1.82) is 0 Å². The molecule has 0 aromatic heterocycles. The van der Waals surface area contributed by atoms with E-state index in [1.165, 1.54) is 0 Å². The number of nitrogens with zero attached hydrogens (tertiary/aromatic N) is 1. The number of aliphatic imine (C=N–C) groups is 1. The number of hydrogen-bond donors (Lipinski definition) is 0. The Labute approximate surface area is 133 Å². The van der Waals surface area contributed by atoms with Crippen LogP contribution in [0.2, 0.25) is 0 Å². The second kappa shape index (κ2) is 6.23. The highest BCUT2D eigenvalue weighted by Gasteiger charge is 2.51. The van der Waals surface area contributed by atoms with E-state index in [1.54, 1.807) is 13.1 Å². The SMILES string of the molecule is C=C/C=C\C(=NC)c1cccc(B2OC(C)(C)C(C)(C)O2)c1. The summed E-state index contributed by atoms with van der Waals surface area (Å²) in [6, 6.07) is 8.13. The van der Waals surface area contributed by atoms with Gasteiger partial charge in [0, 0.05) is 7.05 Å². The van der Waals surface area contributed by atoms with Crippen molar-refractivity contribution in [2.24, 2.45) is 4.99 Å². The molecule has 3 nitrogen and oxygen atoms in total. The van der Waals surface area contributed by atoms with Gasteiger partial charge in [-0.05, 0) is 44.8 Å². The lowest BCUT2D eigenvalue weighted by molar-refractivity contribution is 0.00578. The fourth-order valence-corrected chi connectivity index (χ4v) is 2.28. The van der Waals surface area contributed by atoms with Crippen molar-refractivity contribution in [1.82, 2.24) is 0 Å². The zero-order valence-corrected chi connectivity index (χ0v) is 14.1. The zero-order valence-electron chi connectivity index (χ0n) is 14.1. The van der Waals surface area contributed by atoms with E-state index < -0.39 is 0 Å². The van der Waals surface area contributed by atoms with Crippen molar-refractivity contribution < 1.29 is 9.31 Å². The number of allylic oxidation sites excluding steroid dienone is 3. The standard InChI is InChI=1S/C18H24BNO2/c1-7-8-12-16(20-6)14-10-9-11-15(13-14)19-21-17(2,3)18(4,5)22-19/h7-13H,1H2,2-6H3/b12-8-,20-16?. The summed E-state index contributed by atoms with van der Waals surface area (Å²) in [6.45, 7) is 11.9. The first kappa shape index (κ1) is 16.7. The molecule has 1 aromatic rings. The largest absolute Gasteiger partial charge is 0.494 e. The van der Waals surface area contributed by atoms with Crippen LogP contribution in [-0.2, 0) is 9.31 Å². The Morgan fingerprint density at radius 1 is 1.18 bits per heavy atom. The van der Waals surface area contributed by atoms with E-state index in [0.29, 0.717) is 0 Å². The van der Waals surface area contributed by atoms with Crippen molar-refractivity contribution in [3.05, 3.63) is 54.6 Å². The molecule has 116 valence electrons. The molecule has 1 heterocycles. The second-order valence-electron chi connectivity index (χ2n) is 6.42. The van der Waals surface area contributed by atoms with Gasteiger partial charge < -0.3 is 9.31 Å². The fourth-order valence-electron chi connectivity index (χ4n) is 2.28. The lowest BCUT2D eigenvalue weighted by Crippen LogP contribution is -2.41. The van der Waals surface area contributed by atoms with Gasteiger partial charge in [0.2, 0.25) is 0 Å². The molecule has 0 amide bonds. The Bertz CT molecular complexity index is 601. The molecule has 0 atom stereocenters. The fraction of sp³-hybridized carbons (Fsp3) is 0.389. The second-order valence-corrected chi connectivity index (χ2v) is 6.42. The monoisotopic (exact) mass is 297 g/mol. The summed E-state index contributed by atoms with van der Waals surface area (Å²) in [5.74, 6) is 0. The molecule has 2 rings (SSSR count). The molecule has 0 spiro atoms. The van der Waals surface area contributed by atoms with E-state index in [4.69, 9.17) is 9.31 Å². The number of benzene rings is 1. The van der Waals surface area contributed by atoms with Crippen LogP contribution in [0.1, 0.15) is 33.3 Å². The van der Waals surface area contributed by atoms with Crippen LogP contribution in [-0.4, -0.2) is 31.1 Å². The summed E-state index contributed by atoms with van der Waals surface area (Å²) in [6.07, 6.45) is 5.56. The van der Waals surface area contributed by atoms with Gasteiger partial charge >= 0.3 is 7.12 Å². The minimum atomic E-state index is -0.355. The number of rotatable bonds is 4. The molecular formula is C18H24BNO2. The maximum absolute atomic E-state index is 6.10. The third kappa shape index (κ3) is 3.23. The molecule has 0 N–H and O–H groups in total. The molecule has 0 radical (unpaired) electrons. The van der Waals surface area contributed by atoms with Crippen LogP contribution in [0.25, 0.3) is 0 Å². The highest BCUT2D eigenvalue weighted by molar-refractivity contribution is 6.62. The Hall–Kier alpha value is -1.65. The van der Waals surface area contributed by atoms with Gasteiger partial charge in [0.05, 0.1) is 16.9 Å². The lowest BCUT2D eigenvalue weighted by Gasteiger charge is -2.32. The van der Waals surface area contributed by atoms with Crippen LogP contribution >= 0.6 is 0 Å². The van der Waals surface area contributed by atoms with Crippen molar-refractivity contribution in [3.8, 4) is 0 Å². The van der Waals surface area contributed by atoms with Crippen LogP contribution < -0.4 is 5.46 Å². The first-order valence-electron chi connectivity index (χ1n) is 7.52. The summed E-state index contributed by atoms with van der Waals surface area (Å²) < 4.78 is 12.2. The van der Waals surface area contributed by atoms with E-state index in [0.717, 1.165) is 16.7 Å². The van der Waals surface area contributed by atoms with Gasteiger partial charge in [0.1, 0.15) is 0 Å². The molecule has 22 heavy (non-hydrogen) atoms. The van der Waals surface area contributed by atoms with Crippen LogP contribution in [0.3, 0.4) is 0 Å². The molecule has 0 bridgehead atoms. The predicted molar refractivity (Wildman–Crippen MR) is 94.0 cm³/mol. The molecule has 0 aliphatic carbocycles. The molecule has 1 saturated heterocycles. The van der Waals surface area contributed by atoms with Crippen molar-refractivity contribution in [2.75, 3.05) is 7.05 Å². The van der Waals surface area contributed by atoms with Crippen molar-refractivity contribution in [2.45, 2.75) is 38.9 Å². The zero-order chi connectivity index (χ0) is 16.4. The van der Waals surface area contributed by atoms with E-state index in [-0.39, 0.29) is 18.3 Å². The molecule has 1 aliphatic rings. The first-order chi connectivity index (χ1) is 10.3. The normalized spacial score (nSPS) is 20.6. The highest BCUT2D eigenvalue weighted by Crippen LogP contribution is 2.36. The summed E-state index contributed by atoms with van der Waals surface area (Å²) in [5.41, 5.74) is 2.27. The van der Waals surface area contributed by atoms with E-state index >= 15 is 0 Å². The van der Waals surface area contributed by atoms with Gasteiger partial charge in [-0.25, -0.2) is 0 Å². The van der Waals surface area contributed by atoms with Gasteiger partial charge in [-0.2, -0.15) is 0 Å². The molecular weight excluding hydrogens is 273 g/mol. The average molecular weight is 297 g/mol. The lowest BCUT2D eigenvalue weighted by atomic mass is 9.78. The predicted octanol–water partition coefficient (Wildman–Crippen LogP) is 3.15. The van der Waals surface area contributed by atoms with Gasteiger partial charge in [-0.3, -0.25) is 4.99 Å². The molecule has 4 heteroatoms. The Balaban J connectivity index is 2.30. The van der Waals surface area contributed by atoms with Crippen LogP contribution in [0.4, 0.5) is 0 Å². The van der Waals surface area contributed by atoms with Crippen molar-refractivity contribution >= 4 is 18.3 Å². The van der Waals surface area contributed by atoms with E-state index in [1.807, 2.05) is 30.4 Å². The molecule has 0 saturated carbocycles. The van der Waals surface area contributed by atoms with Gasteiger partial charge in [0.25, 0.3) is 0 Å². The maximum atomic E-state index is 6.10. The Morgan fingerprint density at radius 3 is 2.36 bits per heavy atom. The number of hydrogen-bond acceptors (Lipinski definition) is 3. The molecule has 1 fully saturated rings. The minimum Gasteiger partial charge on any atom is -0.399 e. The van der Waals surface area contributed by atoms with Crippen LogP contribution in [0, 0.1) is 0 Å². The third-order valence-electron chi connectivity index (χ3n) is 4.34. The first-order valence-corrected chi connectivity index (χ1v) is 7.52. The van der Waals surface area contributed by atoms with Crippen molar-refractivity contribution in [3.63, 3.8) is 0 Å². The van der Waals surface area contributed by atoms with Crippen LogP contribution in [0.15, 0.2) is 54.1 Å². The topological polar surface area (TPSA) is 30.8 Å². The highest BCUT2D eigenvalue weighted by atomic mass is 16.7. The summed E-state index contributed by atoms with van der Waals surface area (Å²) in [7, 11) is 1.43.